The van der Waals surface area contributed by atoms with Gasteiger partial charge in [0.25, 0.3) is 0 Å². The predicted octanol–water partition coefficient (Wildman–Crippen LogP) is 3.67. The molecule has 0 bridgehead atoms. The first kappa shape index (κ1) is 29.6. The molecule has 1 aromatic heterocycles. The minimum Gasteiger partial charge on any atom is -0.463 e. The van der Waals surface area contributed by atoms with Crippen LogP contribution in [0.3, 0.4) is 0 Å². The van der Waals surface area contributed by atoms with E-state index >= 15 is 0 Å². The van der Waals surface area contributed by atoms with Crippen molar-refractivity contribution >= 4 is 35.0 Å². The number of nitrogens with two attached hydrogens (primary N) is 1. The molecule has 10 nitrogen and oxygen atoms in total. The summed E-state index contributed by atoms with van der Waals surface area (Å²) in [6.45, 7) is 11.2. The number of hydrogen-bond donors (Lipinski definition) is 1. The smallest absolute Gasteiger partial charge is 0.336 e. The van der Waals surface area contributed by atoms with Crippen LogP contribution in [0.5, 0.6) is 0 Å². The van der Waals surface area contributed by atoms with Crippen molar-refractivity contribution in [3.8, 4) is 6.07 Å². The molecule has 0 fully saturated rings. The normalized spacial score (nSPS) is 19.9. The first-order valence-electron chi connectivity index (χ1n) is 12.6. The van der Waals surface area contributed by atoms with Crippen LogP contribution in [0.15, 0.2) is 51.4 Å². The van der Waals surface area contributed by atoms with Crippen LogP contribution in [0.1, 0.15) is 59.3 Å². The van der Waals surface area contributed by atoms with E-state index in [1.54, 1.807) is 59.1 Å². The number of hydrogen-bond acceptors (Lipinski definition) is 11. The molecule has 11 heteroatoms. The number of thiophene rings is 1. The Kier molecular flexibility index (Phi) is 8.70. The lowest BCUT2D eigenvalue weighted by Crippen LogP contribution is -2.41. The average molecular weight is 556 g/mol. The topological polar surface area (TPSA) is 149 Å². The lowest BCUT2D eigenvalue weighted by atomic mass is 9.76. The Morgan fingerprint density at radius 3 is 2.18 bits per heavy atom. The number of nitriles is 1. The fourth-order valence-corrected chi connectivity index (χ4v) is 5.80. The van der Waals surface area contributed by atoms with Gasteiger partial charge in [0.2, 0.25) is 0 Å². The lowest BCUT2D eigenvalue weighted by Gasteiger charge is -2.38. The van der Waals surface area contributed by atoms with Crippen LogP contribution in [0.25, 0.3) is 0 Å². The zero-order chi connectivity index (χ0) is 29.2. The third-order valence-electron chi connectivity index (χ3n) is 6.31. The van der Waals surface area contributed by atoms with Gasteiger partial charge in [0.1, 0.15) is 23.1 Å². The highest BCUT2D eigenvalue weighted by Gasteiger charge is 2.54. The van der Waals surface area contributed by atoms with Crippen LogP contribution in [0.2, 0.25) is 0 Å². The average Bonchev–Trinajstić information content (AvgIpc) is 3.45. The standard InChI is InChI=1S/C28H33N3O7S/c1-8-36-25(33)18-14(3)31-23(22(26(34)37-9-2)21(18)17-11-10-12-39-17)20(16(13-29)24(31)30)19(15(4)32)27(35)38-28(5,6)7/h10-12,19-21H,8-9,30H2,1-7H3/t19-,20-,21+/m0/s1. The minimum absolute atomic E-state index is 0.000890. The number of fused-ring (bicyclic) bond motifs is 1. The van der Waals surface area contributed by atoms with E-state index in [0.29, 0.717) is 10.6 Å². The van der Waals surface area contributed by atoms with Crippen molar-refractivity contribution in [1.82, 2.24) is 4.90 Å². The molecule has 2 aliphatic rings. The molecule has 0 aromatic carbocycles. The zero-order valence-electron chi connectivity index (χ0n) is 23.1. The summed E-state index contributed by atoms with van der Waals surface area (Å²) in [4.78, 5) is 55.5. The van der Waals surface area contributed by atoms with Gasteiger partial charge in [0.15, 0.2) is 0 Å². The molecule has 0 saturated heterocycles. The molecule has 2 N–H and O–H groups in total. The lowest BCUT2D eigenvalue weighted by molar-refractivity contribution is -0.163. The summed E-state index contributed by atoms with van der Waals surface area (Å²) >= 11 is 1.31. The van der Waals surface area contributed by atoms with Crippen molar-refractivity contribution in [1.29, 1.82) is 5.26 Å². The number of allylic oxidation sites excluding steroid dienone is 2. The van der Waals surface area contributed by atoms with E-state index in [9.17, 15) is 24.4 Å². The maximum absolute atomic E-state index is 13.7. The summed E-state index contributed by atoms with van der Waals surface area (Å²) in [7, 11) is 0. The van der Waals surface area contributed by atoms with E-state index in [2.05, 4.69) is 0 Å². The van der Waals surface area contributed by atoms with Crippen molar-refractivity contribution in [3.63, 3.8) is 0 Å². The third kappa shape index (κ3) is 5.47. The van der Waals surface area contributed by atoms with Gasteiger partial charge in [-0.2, -0.15) is 5.26 Å². The number of carbonyl (C=O) groups excluding carboxylic acids is 4. The van der Waals surface area contributed by atoms with E-state index < -0.39 is 47.0 Å². The second-order valence-corrected chi connectivity index (χ2v) is 11.0. The van der Waals surface area contributed by atoms with Crippen LogP contribution in [0.4, 0.5) is 0 Å². The minimum atomic E-state index is -1.48. The molecule has 3 heterocycles. The van der Waals surface area contributed by atoms with Crippen molar-refractivity contribution in [2.75, 3.05) is 13.2 Å². The van der Waals surface area contributed by atoms with Crippen molar-refractivity contribution in [2.45, 2.75) is 60.0 Å². The summed E-state index contributed by atoms with van der Waals surface area (Å²) in [6, 6.07) is 5.57. The maximum Gasteiger partial charge on any atom is 0.336 e. The van der Waals surface area contributed by atoms with Crippen LogP contribution in [-0.2, 0) is 33.4 Å². The molecule has 0 saturated carbocycles. The molecule has 39 heavy (non-hydrogen) atoms. The van der Waals surface area contributed by atoms with Crippen molar-refractivity contribution < 1.29 is 33.4 Å². The molecule has 0 amide bonds. The molecule has 3 rings (SSSR count). The van der Waals surface area contributed by atoms with Gasteiger partial charge in [0, 0.05) is 16.3 Å². The number of rotatable bonds is 8. The number of carbonyl (C=O) groups is 4. The Hall–Kier alpha value is -3.91. The van der Waals surface area contributed by atoms with Gasteiger partial charge in [-0.05, 0) is 59.9 Å². The van der Waals surface area contributed by atoms with Crippen LogP contribution in [-0.4, -0.2) is 47.4 Å². The van der Waals surface area contributed by atoms with Crippen molar-refractivity contribution in [3.05, 3.63) is 56.3 Å². The molecule has 2 aliphatic heterocycles. The molecule has 208 valence electrons. The van der Waals surface area contributed by atoms with Crippen LogP contribution >= 0.6 is 11.3 Å². The number of ether oxygens (including phenoxy) is 3. The molecular weight excluding hydrogens is 522 g/mol. The summed E-state index contributed by atoms with van der Waals surface area (Å²) in [6.07, 6.45) is 0. The monoisotopic (exact) mass is 555 g/mol. The summed E-state index contributed by atoms with van der Waals surface area (Å²) in [5.74, 6) is -6.65. The molecular formula is C28H33N3O7S. The van der Waals surface area contributed by atoms with Gasteiger partial charge in [-0.15, -0.1) is 11.3 Å². The first-order valence-corrected chi connectivity index (χ1v) is 13.4. The Bertz CT molecular complexity index is 1330. The number of Topliss-reactive ketones (excluding diaryl/α,β-unsaturated/α-hetero) is 1. The van der Waals surface area contributed by atoms with E-state index in [4.69, 9.17) is 19.9 Å². The molecule has 3 atom stereocenters. The highest BCUT2D eigenvalue weighted by Crippen LogP contribution is 2.53. The molecule has 1 aromatic rings. The zero-order valence-corrected chi connectivity index (χ0v) is 23.9. The van der Waals surface area contributed by atoms with Gasteiger partial charge in [0.05, 0.1) is 47.8 Å². The highest BCUT2D eigenvalue weighted by molar-refractivity contribution is 7.10. The van der Waals surface area contributed by atoms with Gasteiger partial charge in [-0.25, -0.2) is 9.59 Å². The quantitative estimate of drug-likeness (QED) is 0.286. The fourth-order valence-electron chi connectivity index (χ4n) is 4.96. The Morgan fingerprint density at radius 2 is 1.72 bits per heavy atom. The second-order valence-electron chi connectivity index (χ2n) is 10.0. The van der Waals surface area contributed by atoms with E-state index in [0.717, 1.165) is 0 Å². The summed E-state index contributed by atoms with van der Waals surface area (Å²) < 4.78 is 16.4. The molecule has 0 aliphatic carbocycles. The van der Waals surface area contributed by atoms with Crippen LogP contribution in [0, 0.1) is 23.2 Å². The first-order chi connectivity index (χ1) is 18.3. The van der Waals surface area contributed by atoms with Gasteiger partial charge >= 0.3 is 17.9 Å². The maximum atomic E-state index is 13.7. The molecule has 0 unspecified atom stereocenters. The second kappa shape index (κ2) is 11.5. The summed E-state index contributed by atoms with van der Waals surface area (Å²) in [5, 5.41) is 12.0. The Labute approximate surface area is 231 Å². The SMILES string of the molecule is CCOC(=O)C1=C(C)N2C(N)=C(C#N)[C@@H]([C@H](C(C)=O)C(=O)OC(C)(C)C)C2=C(C(=O)OCC)[C@@H]1c1cccs1. The van der Waals surface area contributed by atoms with E-state index in [1.807, 2.05) is 6.07 Å². The Morgan fingerprint density at radius 1 is 1.13 bits per heavy atom. The largest absolute Gasteiger partial charge is 0.463 e. The number of ketones is 1. The number of nitrogens with zero attached hydrogens (tertiary/aromatic N) is 2. The Balaban J connectivity index is 2.44. The van der Waals surface area contributed by atoms with Crippen molar-refractivity contribution in [2.24, 2.45) is 17.6 Å². The highest BCUT2D eigenvalue weighted by atomic mass is 32.1. The summed E-state index contributed by atoms with van der Waals surface area (Å²) in [5.41, 5.74) is 6.05. The van der Waals surface area contributed by atoms with Gasteiger partial charge < -0.3 is 24.8 Å². The van der Waals surface area contributed by atoms with Crippen LogP contribution < -0.4 is 5.73 Å². The predicted molar refractivity (Wildman–Crippen MR) is 142 cm³/mol. The third-order valence-corrected chi connectivity index (χ3v) is 7.25. The fraction of sp³-hybridized carbons (Fsp3) is 0.464. The molecule has 0 spiro atoms. The van der Waals surface area contributed by atoms with E-state index in [1.165, 1.54) is 23.2 Å². The number of esters is 3. The van der Waals surface area contributed by atoms with Gasteiger partial charge in [-0.1, -0.05) is 6.07 Å². The molecule has 0 radical (unpaired) electrons. The van der Waals surface area contributed by atoms with Gasteiger partial charge in [-0.3, -0.25) is 9.59 Å². The van der Waals surface area contributed by atoms with E-state index in [-0.39, 0.29) is 41.5 Å².